The molecule has 25 heavy (non-hydrogen) atoms. The van der Waals surface area contributed by atoms with Crippen LogP contribution >= 0.6 is 0 Å². The van der Waals surface area contributed by atoms with Crippen molar-refractivity contribution in [3.63, 3.8) is 0 Å². The van der Waals surface area contributed by atoms with Crippen molar-refractivity contribution in [2.75, 3.05) is 7.05 Å². The molecule has 0 aliphatic rings. The van der Waals surface area contributed by atoms with E-state index in [9.17, 15) is 0 Å². The first-order valence-corrected chi connectivity index (χ1v) is 9.24. The molecular formula is C24H29N. The lowest BCUT2D eigenvalue weighted by molar-refractivity contribution is 0.320. The first kappa shape index (κ1) is 17.7. The van der Waals surface area contributed by atoms with E-state index < -0.39 is 0 Å². The monoisotopic (exact) mass is 331 g/mol. The zero-order chi connectivity index (χ0) is 17.9. The lowest BCUT2D eigenvalue weighted by Gasteiger charge is -2.24. The topological polar surface area (TPSA) is 3.24 Å². The highest BCUT2D eigenvalue weighted by atomic mass is 15.1. The number of hydrogen-bond acceptors (Lipinski definition) is 1. The van der Waals surface area contributed by atoms with Gasteiger partial charge in [-0.25, -0.2) is 0 Å². The van der Waals surface area contributed by atoms with E-state index in [4.69, 9.17) is 0 Å². The second-order valence-corrected chi connectivity index (χ2v) is 7.74. The van der Waals surface area contributed by atoms with Gasteiger partial charge < -0.3 is 0 Å². The van der Waals surface area contributed by atoms with Crippen LogP contribution in [0.1, 0.15) is 43.9 Å². The van der Waals surface area contributed by atoms with Gasteiger partial charge >= 0.3 is 0 Å². The van der Waals surface area contributed by atoms with Crippen molar-refractivity contribution in [1.29, 1.82) is 0 Å². The van der Waals surface area contributed by atoms with Gasteiger partial charge in [0.25, 0.3) is 0 Å². The third kappa shape index (κ3) is 4.11. The summed E-state index contributed by atoms with van der Waals surface area (Å²) in [6.07, 6.45) is 1.16. The lowest BCUT2D eigenvalue weighted by atomic mass is 9.82. The zero-order valence-corrected chi connectivity index (χ0v) is 15.9. The maximum atomic E-state index is 2.39. The van der Waals surface area contributed by atoms with Crippen molar-refractivity contribution in [2.24, 2.45) is 0 Å². The predicted octanol–water partition coefficient (Wildman–Crippen LogP) is 6.16. The summed E-state index contributed by atoms with van der Waals surface area (Å²) in [5.41, 5.74) is 4.45. The van der Waals surface area contributed by atoms with Crippen molar-refractivity contribution in [3.05, 3.63) is 83.4 Å². The minimum absolute atomic E-state index is 0.257. The Balaban J connectivity index is 1.71. The summed E-state index contributed by atoms with van der Waals surface area (Å²) in [5, 5.41) is 2.68. The number of hydrogen-bond donors (Lipinski definition) is 0. The van der Waals surface area contributed by atoms with Crippen molar-refractivity contribution < 1.29 is 0 Å². The van der Waals surface area contributed by atoms with Crippen molar-refractivity contribution in [2.45, 2.75) is 45.7 Å². The fourth-order valence-electron chi connectivity index (χ4n) is 3.35. The van der Waals surface area contributed by atoms with Gasteiger partial charge in [0, 0.05) is 13.1 Å². The van der Waals surface area contributed by atoms with Gasteiger partial charge in [0.2, 0.25) is 0 Å². The second-order valence-electron chi connectivity index (χ2n) is 7.74. The van der Waals surface area contributed by atoms with E-state index in [-0.39, 0.29) is 5.41 Å². The Morgan fingerprint density at radius 3 is 2.20 bits per heavy atom. The van der Waals surface area contributed by atoms with Crippen LogP contribution in [0.25, 0.3) is 10.8 Å². The lowest BCUT2D eigenvalue weighted by Crippen LogP contribution is -2.18. The summed E-state index contributed by atoms with van der Waals surface area (Å²) in [6, 6.07) is 24.4. The van der Waals surface area contributed by atoms with Crippen molar-refractivity contribution >= 4 is 10.8 Å². The first-order chi connectivity index (χ1) is 12.0. The first-order valence-electron chi connectivity index (χ1n) is 9.24. The molecule has 3 rings (SSSR count). The maximum absolute atomic E-state index is 2.39. The molecule has 0 aliphatic heterocycles. The van der Waals surface area contributed by atoms with E-state index >= 15 is 0 Å². The molecule has 130 valence electrons. The quantitative estimate of drug-likeness (QED) is 0.523. The Bertz CT molecular complexity index is 825. The van der Waals surface area contributed by atoms with Gasteiger partial charge in [-0.1, -0.05) is 87.5 Å². The Kier molecular flexibility index (Phi) is 5.24. The van der Waals surface area contributed by atoms with Crippen LogP contribution in [0.2, 0.25) is 0 Å². The van der Waals surface area contributed by atoms with Gasteiger partial charge in [0.05, 0.1) is 0 Å². The Hall–Kier alpha value is -2.12. The van der Waals surface area contributed by atoms with Gasteiger partial charge in [-0.05, 0) is 46.3 Å². The summed E-state index contributed by atoms with van der Waals surface area (Å²) in [7, 11) is 2.20. The Labute approximate surface area is 152 Å². The molecule has 0 unspecified atom stereocenters. The minimum atomic E-state index is 0.257. The molecule has 0 heterocycles. The average molecular weight is 332 g/mol. The van der Waals surface area contributed by atoms with E-state index in [2.05, 4.69) is 99.4 Å². The van der Waals surface area contributed by atoms with Gasteiger partial charge in [-0.15, -0.1) is 0 Å². The number of rotatable bonds is 6. The summed E-state index contributed by atoms with van der Waals surface area (Å²) in [5.74, 6) is 0. The van der Waals surface area contributed by atoms with Gasteiger partial charge in [-0.2, -0.15) is 0 Å². The molecule has 3 aromatic carbocycles. The van der Waals surface area contributed by atoms with Gasteiger partial charge in [0.15, 0.2) is 0 Å². The minimum Gasteiger partial charge on any atom is -0.298 e. The van der Waals surface area contributed by atoms with Crippen LogP contribution in [0.15, 0.2) is 66.7 Å². The molecule has 0 N–H and O–H groups in total. The standard InChI is InChI=1S/C24H29N/c1-5-24(2,3)22-15-13-19(14-16-22)17-25(4)18-21-11-8-10-20-9-6-7-12-23(20)21/h6-16H,5,17-18H2,1-4H3. The fourth-order valence-corrected chi connectivity index (χ4v) is 3.35. The normalized spacial score (nSPS) is 12.0. The molecule has 0 spiro atoms. The smallest absolute Gasteiger partial charge is 0.0240 e. The molecular weight excluding hydrogens is 302 g/mol. The van der Waals surface area contributed by atoms with Crippen molar-refractivity contribution in [3.8, 4) is 0 Å². The van der Waals surface area contributed by atoms with Crippen LogP contribution in [0, 0.1) is 0 Å². The average Bonchev–Trinajstić information content (AvgIpc) is 2.62. The number of fused-ring (bicyclic) bond motifs is 1. The van der Waals surface area contributed by atoms with E-state index in [1.807, 2.05) is 0 Å². The van der Waals surface area contributed by atoms with E-state index in [0.29, 0.717) is 0 Å². The summed E-state index contributed by atoms with van der Waals surface area (Å²) in [4.78, 5) is 2.39. The SMILES string of the molecule is CCC(C)(C)c1ccc(CN(C)Cc2cccc3ccccc23)cc1. The number of nitrogens with zero attached hydrogens (tertiary/aromatic N) is 1. The molecule has 0 amide bonds. The molecule has 0 bridgehead atoms. The molecule has 1 heteroatoms. The van der Waals surface area contributed by atoms with Crippen molar-refractivity contribution in [1.82, 2.24) is 4.90 Å². The zero-order valence-electron chi connectivity index (χ0n) is 15.9. The molecule has 0 aliphatic carbocycles. The fraction of sp³-hybridized carbons (Fsp3) is 0.333. The van der Waals surface area contributed by atoms with E-state index in [0.717, 1.165) is 19.5 Å². The summed E-state index contributed by atoms with van der Waals surface area (Å²) < 4.78 is 0. The highest BCUT2D eigenvalue weighted by molar-refractivity contribution is 5.85. The predicted molar refractivity (Wildman–Crippen MR) is 109 cm³/mol. The Morgan fingerprint density at radius 1 is 0.800 bits per heavy atom. The van der Waals surface area contributed by atoms with Crippen LogP contribution in [0.4, 0.5) is 0 Å². The molecule has 0 radical (unpaired) electrons. The maximum Gasteiger partial charge on any atom is 0.0240 e. The Morgan fingerprint density at radius 2 is 1.48 bits per heavy atom. The van der Waals surface area contributed by atoms with Crippen LogP contribution in [-0.4, -0.2) is 11.9 Å². The molecule has 0 aromatic heterocycles. The molecule has 0 saturated carbocycles. The summed E-state index contributed by atoms with van der Waals surface area (Å²) in [6.45, 7) is 8.81. The second kappa shape index (κ2) is 7.41. The van der Waals surface area contributed by atoms with E-state index in [1.54, 1.807) is 0 Å². The molecule has 0 fully saturated rings. The van der Waals surface area contributed by atoms with Crippen LogP contribution in [0.3, 0.4) is 0 Å². The number of benzene rings is 3. The van der Waals surface area contributed by atoms with E-state index in [1.165, 1.54) is 27.5 Å². The molecule has 0 atom stereocenters. The molecule has 0 saturated heterocycles. The van der Waals surface area contributed by atoms with Gasteiger partial charge in [-0.3, -0.25) is 4.90 Å². The van der Waals surface area contributed by atoms with Crippen LogP contribution < -0.4 is 0 Å². The third-order valence-electron chi connectivity index (χ3n) is 5.39. The highest BCUT2D eigenvalue weighted by Gasteiger charge is 2.17. The van der Waals surface area contributed by atoms with Gasteiger partial charge in [0.1, 0.15) is 0 Å². The van der Waals surface area contributed by atoms with Crippen LogP contribution in [-0.2, 0) is 18.5 Å². The largest absolute Gasteiger partial charge is 0.298 e. The third-order valence-corrected chi connectivity index (χ3v) is 5.39. The van der Waals surface area contributed by atoms with Crippen LogP contribution in [0.5, 0.6) is 0 Å². The molecule has 3 aromatic rings. The summed E-state index contributed by atoms with van der Waals surface area (Å²) >= 11 is 0. The highest BCUT2D eigenvalue weighted by Crippen LogP contribution is 2.27. The molecule has 1 nitrogen and oxygen atoms in total.